The van der Waals surface area contributed by atoms with E-state index in [1.165, 1.54) is 0 Å². The van der Waals surface area contributed by atoms with Crippen LogP contribution in [0.4, 0.5) is 5.69 Å². The van der Waals surface area contributed by atoms with Gasteiger partial charge in [0.15, 0.2) is 0 Å². The molecule has 0 radical (unpaired) electrons. The fraction of sp³-hybridized carbons (Fsp3) is 0.643. The van der Waals surface area contributed by atoms with E-state index < -0.39 is 0 Å². The van der Waals surface area contributed by atoms with E-state index in [2.05, 4.69) is 4.98 Å². The Hall–Kier alpha value is -1.49. The van der Waals surface area contributed by atoms with Crippen molar-refractivity contribution in [2.24, 2.45) is 0 Å². The lowest BCUT2D eigenvalue weighted by Gasteiger charge is -2.19. The third kappa shape index (κ3) is 6.29. The summed E-state index contributed by atoms with van der Waals surface area (Å²) in [5, 5.41) is 0. The molecule has 108 valence electrons. The van der Waals surface area contributed by atoms with Crippen LogP contribution in [0, 0.1) is 0 Å². The Balaban J connectivity index is 2.50. The minimum Gasteiger partial charge on any atom is -0.475 e. The van der Waals surface area contributed by atoms with Crippen LogP contribution in [-0.4, -0.2) is 29.9 Å². The lowest BCUT2D eigenvalue weighted by molar-refractivity contribution is -0.0168. The van der Waals surface area contributed by atoms with E-state index >= 15 is 0 Å². The standard InChI is InChI=1S/C14H24N2O3/c1-10(2)19-13-11(15)6-7-12(16-13)17-8-9-18-14(3,4)5/h6-7,10H,8-9,15H2,1-5H3. The Morgan fingerprint density at radius 1 is 1.21 bits per heavy atom. The molecule has 5 heteroatoms. The molecule has 0 unspecified atom stereocenters. The maximum atomic E-state index is 5.78. The van der Waals surface area contributed by atoms with Crippen LogP contribution >= 0.6 is 0 Å². The van der Waals surface area contributed by atoms with Crippen LogP contribution in [0.15, 0.2) is 12.1 Å². The molecule has 0 aliphatic heterocycles. The van der Waals surface area contributed by atoms with Crippen LogP contribution in [0.3, 0.4) is 0 Å². The Labute approximate surface area is 115 Å². The van der Waals surface area contributed by atoms with Crippen molar-refractivity contribution < 1.29 is 14.2 Å². The van der Waals surface area contributed by atoms with Crippen LogP contribution < -0.4 is 15.2 Å². The lowest BCUT2D eigenvalue weighted by atomic mass is 10.2. The molecule has 19 heavy (non-hydrogen) atoms. The van der Waals surface area contributed by atoms with Crippen molar-refractivity contribution in [2.45, 2.75) is 46.3 Å². The number of nitrogens with zero attached hydrogens (tertiary/aromatic N) is 1. The molecule has 0 aromatic carbocycles. The summed E-state index contributed by atoms with van der Waals surface area (Å²) >= 11 is 0. The predicted octanol–water partition coefficient (Wildman–Crippen LogP) is 2.64. The highest BCUT2D eigenvalue weighted by Gasteiger charge is 2.10. The highest BCUT2D eigenvalue weighted by atomic mass is 16.5. The Morgan fingerprint density at radius 2 is 1.89 bits per heavy atom. The zero-order valence-electron chi connectivity index (χ0n) is 12.4. The number of rotatable bonds is 6. The Bertz CT molecular complexity index is 400. The van der Waals surface area contributed by atoms with E-state index in [9.17, 15) is 0 Å². The fourth-order valence-corrected chi connectivity index (χ4v) is 1.33. The molecule has 0 fully saturated rings. The molecule has 0 atom stereocenters. The van der Waals surface area contributed by atoms with Gasteiger partial charge in [0.25, 0.3) is 0 Å². The van der Waals surface area contributed by atoms with Gasteiger partial charge in [0.1, 0.15) is 6.61 Å². The fourth-order valence-electron chi connectivity index (χ4n) is 1.33. The van der Waals surface area contributed by atoms with E-state index in [-0.39, 0.29) is 11.7 Å². The van der Waals surface area contributed by atoms with Gasteiger partial charge in [-0.2, -0.15) is 4.98 Å². The first-order valence-electron chi connectivity index (χ1n) is 6.48. The first-order valence-corrected chi connectivity index (χ1v) is 6.48. The van der Waals surface area contributed by atoms with Crippen molar-refractivity contribution in [1.82, 2.24) is 4.98 Å². The van der Waals surface area contributed by atoms with Crippen molar-refractivity contribution in [2.75, 3.05) is 18.9 Å². The second-order valence-electron chi connectivity index (χ2n) is 5.52. The van der Waals surface area contributed by atoms with Gasteiger partial charge >= 0.3 is 0 Å². The molecule has 1 aromatic heterocycles. The molecule has 1 aromatic rings. The normalized spacial score (nSPS) is 11.7. The molecule has 0 amide bonds. The molecule has 2 N–H and O–H groups in total. The highest BCUT2D eigenvalue weighted by molar-refractivity contribution is 5.49. The van der Waals surface area contributed by atoms with Gasteiger partial charge < -0.3 is 19.9 Å². The van der Waals surface area contributed by atoms with Gasteiger partial charge in [0.2, 0.25) is 11.8 Å². The van der Waals surface area contributed by atoms with Crippen LogP contribution in [0.1, 0.15) is 34.6 Å². The summed E-state index contributed by atoms with van der Waals surface area (Å²) in [7, 11) is 0. The maximum absolute atomic E-state index is 5.78. The molecule has 0 saturated carbocycles. The van der Waals surface area contributed by atoms with Crippen molar-refractivity contribution in [3.8, 4) is 11.8 Å². The molecule has 5 nitrogen and oxygen atoms in total. The zero-order chi connectivity index (χ0) is 14.5. The molecule has 0 saturated heterocycles. The summed E-state index contributed by atoms with van der Waals surface area (Å²) in [6, 6.07) is 3.45. The molecule has 0 bridgehead atoms. The monoisotopic (exact) mass is 268 g/mol. The third-order valence-electron chi connectivity index (χ3n) is 2.08. The van der Waals surface area contributed by atoms with Gasteiger partial charge in [-0.05, 0) is 40.7 Å². The predicted molar refractivity (Wildman–Crippen MR) is 75.6 cm³/mol. The van der Waals surface area contributed by atoms with E-state index in [1.54, 1.807) is 12.1 Å². The number of pyridine rings is 1. The van der Waals surface area contributed by atoms with Gasteiger partial charge in [-0.3, -0.25) is 0 Å². The van der Waals surface area contributed by atoms with Gasteiger partial charge in [0.05, 0.1) is 24.0 Å². The first kappa shape index (κ1) is 15.6. The number of nitrogen functional groups attached to an aromatic ring is 1. The number of nitrogens with two attached hydrogens (primary N) is 1. The molecule has 1 heterocycles. The SMILES string of the molecule is CC(C)Oc1nc(OCCOC(C)(C)C)ccc1N. The zero-order valence-corrected chi connectivity index (χ0v) is 12.4. The van der Waals surface area contributed by atoms with Crippen molar-refractivity contribution in [3.63, 3.8) is 0 Å². The van der Waals surface area contributed by atoms with Gasteiger partial charge in [0, 0.05) is 6.07 Å². The van der Waals surface area contributed by atoms with E-state index in [1.807, 2.05) is 34.6 Å². The Morgan fingerprint density at radius 3 is 2.47 bits per heavy atom. The first-order chi connectivity index (χ1) is 8.78. The van der Waals surface area contributed by atoms with E-state index in [4.69, 9.17) is 19.9 Å². The largest absolute Gasteiger partial charge is 0.475 e. The van der Waals surface area contributed by atoms with Crippen molar-refractivity contribution >= 4 is 5.69 Å². The van der Waals surface area contributed by atoms with Crippen LogP contribution in [0.5, 0.6) is 11.8 Å². The van der Waals surface area contributed by atoms with E-state index in [0.717, 1.165) is 0 Å². The molecule has 1 rings (SSSR count). The van der Waals surface area contributed by atoms with E-state index in [0.29, 0.717) is 30.7 Å². The topological polar surface area (TPSA) is 66.6 Å². The third-order valence-corrected chi connectivity index (χ3v) is 2.08. The summed E-state index contributed by atoms with van der Waals surface area (Å²) in [6.45, 7) is 10.8. The quantitative estimate of drug-likeness (QED) is 0.803. The summed E-state index contributed by atoms with van der Waals surface area (Å²) in [5.41, 5.74) is 6.13. The summed E-state index contributed by atoms with van der Waals surface area (Å²) in [4.78, 5) is 4.22. The number of anilines is 1. The maximum Gasteiger partial charge on any atom is 0.240 e. The second kappa shape index (κ2) is 6.61. The molecule has 0 spiro atoms. The van der Waals surface area contributed by atoms with Crippen molar-refractivity contribution in [3.05, 3.63) is 12.1 Å². The minimum atomic E-state index is -0.163. The van der Waals surface area contributed by atoms with Crippen LogP contribution in [0.25, 0.3) is 0 Å². The van der Waals surface area contributed by atoms with Crippen LogP contribution in [0.2, 0.25) is 0 Å². The molecule has 0 aliphatic carbocycles. The number of hydrogen-bond donors (Lipinski definition) is 1. The average molecular weight is 268 g/mol. The van der Waals surface area contributed by atoms with Crippen molar-refractivity contribution in [1.29, 1.82) is 0 Å². The average Bonchev–Trinajstić information content (AvgIpc) is 2.26. The summed E-state index contributed by atoms with van der Waals surface area (Å²) in [5.74, 6) is 0.895. The van der Waals surface area contributed by atoms with Gasteiger partial charge in [-0.25, -0.2) is 0 Å². The number of aromatic nitrogens is 1. The number of hydrogen-bond acceptors (Lipinski definition) is 5. The Kier molecular flexibility index (Phi) is 5.42. The van der Waals surface area contributed by atoms with Crippen LogP contribution in [-0.2, 0) is 4.74 Å². The molecular weight excluding hydrogens is 244 g/mol. The minimum absolute atomic E-state index is 0.0225. The summed E-state index contributed by atoms with van der Waals surface area (Å²) < 4.78 is 16.6. The number of ether oxygens (including phenoxy) is 3. The lowest BCUT2D eigenvalue weighted by Crippen LogP contribution is -2.22. The highest BCUT2D eigenvalue weighted by Crippen LogP contribution is 2.23. The second-order valence-corrected chi connectivity index (χ2v) is 5.52. The smallest absolute Gasteiger partial charge is 0.240 e. The summed E-state index contributed by atoms with van der Waals surface area (Å²) in [6.07, 6.45) is 0.0225. The van der Waals surface area contributed by atoms with Gasteiger partial charge in [-0.15, -0.1) is 0 Å². The molecular formula is C14H24N2O3. The molecule has 0 aliphatic rings. The van der Waals surface area contributed by atoms with Gasteiger partial charge in [-0.1, -0.05) is 0 Å².